The number of hydrogen-bond donors (Lipinski definition) is 2. The van der Waals surface area contributed by atoms with E-state index in [1.54, 1.807) is 6.07 Å². The number of benzene rings is 1. The molecule has 0 fully saturated rings. The highest BCUT2D eigenvalue weighted by atomic mass is 19.4. The van der Waals surface area contributed by atoms with E-state index in [2.05, 4.69) is 15.1 Å². The Morgan fingerprint density at radius 2 is 2.08 bits per heavy atom. The molecule has 0 saturated heterocycles. The van der Waals surface area contributed by atoms with Crippen molar-refractivity contribution in [3.8, 4) is 5.95 Å². The fourth-order valence-electron chi connectivity index (χ4n) is 3.45. The highest BCUT2D eigenvalue weighted by molar-refractivity contribution is 5.76. The Hall–Kier alpha value is -2.35. The monoisotopic (exact) mass is 335 g/mol. The van der Waals surface area contributed by atoms with Crippen LogP contribution in [0.1, 0.15) is 35.7 Å². The zero-order chi connectivity index (χ0) is 16.9. The van der Waals surface area contributed by atoms with Crippen molar-refractivity contribution in [3.05, 3.63) is 41.2 Å². The van der Waals surface area contributed by atoms with E-state index in [4.69, 9.17) is 5.73 Å². The summed E-state index contributed by atoms with van der Waals surface area (Å²) in [5.74, 6) is -0.0101. The van der Waals surface area contributed by atoms with E-state index >= 15 is 0 Å². The molecule has 1 unspecified atom stereocenters. The highest BCUT2D eigenvalue weighted by Crippen LogP contribution is 2.41. The van der Waals surface area contributed by atoms with Crippen LogP contribution in [-0.4, -0.2) is 26.3 Å². The predicted octanol–water partition coefficient (Wildman–Crippen LogP) is 3.15. The summed E-state index contributed by atoms with van der Waals surface area (Å²) in [5, 5.41) is 3.87. The minimum Gasteiger partial charge on any atom is -0.330 e. The van der Waals surface area contributed by atoms with Gasteiger partial charge in [-0.25, -0.2) is 9.67 Å². The van der Waals surface area contributed by atoms with Gasteiger partial charge in [-0.05, 0) is 37.9 Å². The number of nitrogens with one attached hydrogen (secondary N) is 1. The van der Waals surface area contributed by atoms with Crippen molar-refractivity contribution in [2.75, 3.05) is 6.54 Å². The molecule has 0 saturated carbocycles. The average molecular weight is 335 g/mol. The molecule has 126 valence electrons. The second kappa shape index (κ2) is 5.34. The molecule has 3 N–H and O–H groups in total. The summed E-state index contributed by atoms with van der Waals surface area (Å²) < 4.78 is 41.7. The summed E-state index contributed by atoms with van der Waals surface area (Å²) >= 11 is 0. The molecular weight excluding hydrogens is 319 g/mol. The number of hydrogen-bond acceptors (Lipinski definition) is 3. The van der Waals surface area contributed by atoms with Gasteiger partial charge in [0.1, 0.15) is 0 Å². The number of alkyl halides is 3. The Bertz CT molecular complexity index is 860. The quantitative estimate of drug-likeness (QED) is 0.756. The third-order valence-corrected chi connectivity index (χ3v) is 4.53. The molecule has 1 atom stereocenters. The lowest BCUT2D eigenvalue weighted by molar-refractivity contribution is -0.142. The third kappa shape index (κ3) is 2.29. The fraction of sp³-hybridized carbons (Fsp3) is 0.375. The van der Waals surface area contributed by atoms with E-state index in [-0.39, 0.29) is 18.0 Å². The first-order valence-corrected chi connectivity index (χ1v) is 7.83. The number of H-pyrrole nitrogens is 1. The number of nitrogens with two attached hydrogens (primary N) is 1. The van der Waals surface area contributed by atoms with Crippen LogP contribution >= 0.6 is 0 Å². The van der Waals surface area contributed by atoms with Crippen LogP contribution in [0.3, 0.4) is 0 Å². The standard InChI is InChI=1S/C16H16F3N5/c17-16(18,19)14-13-9(8-20)4-3-7-12(13)24(23-14)15-21-10-5-1-2-6-11(10)22-15/h1-2,5-6,9H,3-4,7-8,20H2,(H,21,22). The Morgan fingerprint density at radius 1 is 1.29 bits per heavy atom. The first-order chi connectivity index (χ1) is 11.5. The number of aromatic nitrogens is 4. The van der Waals surface area contributed by atoms with Crippen LogP contribution in [0.4, 0.5) is 13.2 Å². The lowest BCUT2D eigenvalue weighted by atomic mass is 9.85. The van der Waals surface area contributed by atoms with Crippen molar-refractivity contribution in [1.82, 2.24) is 19.7 Å². The van der Waals surface area contributed by atoms with E-state index < -0.39 is 11.9 Å². The number of aromatic amines is 1. The largest absolute Gasteiger partial charge is 0.435 e. The van der Waals surface area contributed by atoms with E-state index in [0.717, 1.165) is 11.9 Å². The predicted molar refractivity (Wildman–Crippen MR) is 83.0 cm³/mol. The SMILES string of the molecule is NCC1CCCc2c1c(C(F)(F)F)nn2-c1nc2ccccc2[nH]1. The van der Waals surface area contributed by atoms with Crippen molar-refractivity contribution in [1.29, 1.82) is 0 Å². The fourth-order valence-corrected chi connectivity index (χ4v) is 3.45. The molecule has 24 heavy (non-hydrogen) atoms. The summed E-state index contributed by atoms with van der Waals surface area (Å²) in [6.45, 7) is 0.182. The lowest BCUT2D eigenvalue weighted by Gasteiger charge is -2.22. The topological polar surface area (TPSA) is 72.5 Å². The molecular formula is C16H16F3N5. The maximum Gasteiger partial charge on any atom is 0.435 e. The zero-order valence-electron chi connectivity index (χ0n) is 12.8. The van der Waals surface area contributed by atoms with Gasteiger partial charge in [0.05, 0.1) is 16.7 Å². The maximum atomic E-state index is 13.5. The Kier molecular flexibility index (Phi) is 3.38. The van der Waals surface area contributed by atoms with E-state index in [1.165, 1.54) is 4.68 Å². The number of rotatable bonds is 2. The van der Waals surface area contributed by atoms with Crippen LogP contribution in [0.2, 0.25) is 0 Å². The van der Waals surface area contributed by atoms with Gasteiger partial charge in [0.15, 0.2) is 5.69 Å². The molecule has 5 nitrogen and oxygen atoms in total. The van der Waals surface area contributed by atoms with Gasteiger partial charge in [-0.3, -0.25) is 0 Å². The molecule has 3 aromatic rings. The molecule has 1 aromatic carbocycles. The van der Waals surface area contributed by atoms with Crippen LogP contribution < -0.4 is 5.73 Å². The minimum absolute atomic E-state index is 0.182. The van der Waals surface area contributed by atoms with Gasteiger partial charge in [0.25, 0.3) is 0 Å². The number of halogens is 3. The summed E-state index contributed by atoms with van der Waals surface area (Å²) in [6.07, 6.45) is -2.53. The zero-order valence-corrected chi connectivity index (χ0v) is 12.8. The molecule has 2 aromatic heterocycles. The molecule has 2 heterocycles. The molecule has 0 aliphatic heterocycles. The Labute approximate surface area is 135 Å². The summed E-state index contributed by atoms with van der Waals surface area (Å²) in [5.41, 5.74) is 7.12. The lowest BCUT2D eigenvalue weighted by Crippen LogP contribution is -2.21. The van der Waals surface area contributed by atoms with E-state index in [0.29, 0.717) is 30.0 Å². The van der Waals surface area contributed by atoms with E-state index in [1.807, 2.05) is 18.2 Å². The van der Waals surface area contributed by atoms with Crippen LogP contribution in [0.25, 0.3) is 17.0 Å². The Morgan fingerprint density at radius 3 is 2.79 bits per heavy atom. The number of para-hydroxylation sites is 2. The van der Waals surface area contributed by atoms with Crippen LogP contribution in [0, 0.1) is 0 Å². The molecule has 8 heteroatoms. The second-order valence-corrected chi connectivity index (χ2v) is 6.02. The van der Waals surface area contributed by atoms with Gasteiger partial charge in [0.2, 0.25) is 5.95 Å². The molecule has 0 spiro atoms. The summed E-state index contributed by atoms with van der Waals surface area (Å²) in [7, 11) is 0. The number of nitrogens with zero attached hydrogens (tertiary/aromatic N) is 3. The van der Waals surface area contributed by atoms with Crippen molar-refractivity contribution in [2.24, 2.45) is 5.73 Å². The first-order valence-electron chi connectivity index (χ1n) is 7.83. The molecule has 0 bridgehead atoms. The van der Waals surface area contributed by atoms with Crippen LogP contribution in [-0.2, 0) is 12.6 Å². The molecule has 0 radical (unpaired) electrons. The third-order valence-electron chi connectivity index (χ3n) is 4.53. The molecule has 1 aliphatic rings. The van der Waals surface area contributed by atoms with Crippen LogP contribution in [0.5, 0.6) is 0 Å². The minimum atomic E-state index is -4.51. The van der Waals surface area contributed by atoms with Gasteiger partial charge in [-0.15, -0.1) is 0 Å². The normalized spacial score (nSPS) is 18.1. The highest BCUT2D eigenvalue weighted by Gasteiger charge is 2.42. The van der Waals surface area contributed by atoms with Gasteiger partial charge >= 0.3 is 6.18 Å². The summed E-state index contributed by atoms with van der Waals surface area (Å²) in [6, 6.07) is 7.30. The second-order valence-electron chi connectivity index (χ2n) is 6.02. The van der Waals surface area contributed by atoms with Gasteiger partial charge in [-0.1, -0.05) is 12.1 Å². The van der Waals surface area contributed by atoms with Crippen LogP contribution in [0.15, 0.2) is 24.3 Å². The molecule has 4 rings (SSSR count). The maximum absolute atomic E-state index is 13.5. The van der Waals surface area contributed by atoms with Crippen molar-refractivity contribution >= 4 is 11.0 Å². The Balaban J connectivity index is 1.94. The molecule has 0 amide bonds. The molecule has 1 aliphatic carbocycles. The van der Waals surface area contributed by atoms with Gasteiger partial charge < -0.3 is 10.7 Å². The van der Waals surface area contributed by atoms with Gasteiger partial charge in [0, 0.05) is 11.5 Å². The first kappa shape index (κ1) is 15.2. The smallest absolute Gasteiger partial charge is 0.330 e. The van der Waals surface area contributed by atoms with Crippen molar-refractivity contribution in [2.45, 2.75) is 31.4 Å². The van der Waals surface area contributed by atoms with Crippen molar-refractivity contribution < 1.29 is 13.2 Å². The number of fused-ring (bicyclic) bond motifs is 2. The average Bonchev–Trinajstić information content (AvgIpc) is 3.15. The number of imidazole rings is 1. The van der Waals surface area contributed by atoms with Crippen molar-refractivity contribution in [3.63, 3.8) is 0 Å². The van der Waals surface area contributed by atoms with Gasteiger partial charge in [-0.2, -0.15) is 18.3 Å². The summed E-state index contributed by atoms with van der Waals surface area (Å²) in [4.78, 5) is 7.43. The van der Waals surface area contributed by atoms with E-state index in [9.17, 15) is 13.2 Å².